The van der Waals surface area contributed by atoms with E-state index in [0.29, 0.717) is 6.61 Å². The summed E-state index contributed by atoms with van der Waals surface area (Å²) in [5, 5.41) is 3.31. The molecule has 0 aliphatic carbocycles. The Morgan fingerprint density at radius 1 is 1.29 bits per heavy atom. The molecule has 1 aliphatic heterocycles. The summed E-state index contributed by atoms with van der Waals surface area (Å²) in [5.41, 5.74) is 1.08. The second-order valence-electron chi connectivity index (χ2n) is 3.13. The molecule has 0 aromatic heterocycles. The zero-order chi connectivity index (χ0) is 9.10. The molecule has 0 saturated carbocycles. The molecule has 1 atom stereocenters. The van der Waals surface area contributed by atoms with Gasteiger partial charge in [0.1, 0.15) is 5.82 Å². The molecule has 0 unspecified atom stereocenters. The van der Waals surface area contributed by atoms with Gasteiger partial charge in [0.05, 0.1) is 19.3 Å². The lowest BCUT2D eigenvalue weighted by molar-refractivity contribution is 0.0768. The quantitative estimate of drug-likeness (QED) is 0.776. The van der Waals surface area contributed by atoms with Crippen LogP contribution in [0.1, 0.15) is 11.6 Å². The van der Waals surface area contributed by atoms with Crippen LogP contribution in [0.3, 0.4) is 0 Å². The lowest BCUT2D eigenvalue weighted by Gasteiger charge is -2.23. The fraction of sp³-hybridized carbons (Fsp3) is 0.400. The topological polar surface area (TPSA) is 21.3 Å². The Labute approximate surface area is 88.9 Å². The molecule has 2 rings (SSSR count). The summed E-state index contributed by atoms with van der Waals surface area (Å²) in [6.07, 6.45) is 0. The highest BCUT2D eigenvalue weighted by molar-refractivity contribution is 5.85. The van der Waals surface area contributed by atoms with Crippen LogP contribution in [0.4, 0.5) is 4.39 Å². The number of ether oxygens (including phenoxy) is 1. The average molecular weight is 218 g/mol. The standard InChI is InChI=1S/C10H12FNO.ClH/c11-9-3-1-8(2-4-9)10-7-13-6-5-12-10;/h1-4,10,12H,5-7H2;1H/t10-;/m0./s1. The molecule has 1 fully saturated rings. The number of rotatable bonds is 1. The van der Waals surface area contributed by atoms with E-state index in [0.717, 1.165) is 18.7 Å². The minimum atomic E-state index is -0.194. The van der Waals surface area contributed by atoms with Crippen LogP contribution in [-0.4, -0.2) is 19.8 Å². The molecule has 0 amide bonds. The zero-order valence-electron chi connectivity index (χ0n) is 7.70. The van der Waals surface area contributed by atoms with Gasteiger partial charge in [-0.25, -0.2) is 4.39 Å². The van der Waals surface area contributed by atoms with E-state index in [1.54, 1.807) is 12.1 Å². The Kier molecular flexibility index (Phi) is 4.32. The number of hydrogen-bond donors (Lipinski definition) is 1. The molecule has 1 aromatic rings. The maximum Gasteiger partial charge on any atom is 0.123 e. The van der Waals surface area contributed by atoms with Crippen molar-refractivity contribution in [2.75, 3.05) is 19.8 Å². The van der Waals surface area contributed by atoms with Gasteiger partial charge in [0.2, 0.25) is 0 Å². The van der Waals surface area contributed by atoms with E-state index >= 15 is 0 Å². The summed E-state index contributed by atoms with van der Waals surface area (Å²) in [7, 11) is 0. The summed E-state index contributed by atoms with van der Waals surface area (Å²) in [6, 6.07) is 6.76. The average Bonchev–Trinajstić information content (AvgIpc) is 2.20. The molecule has 1 heterocycles. The van der Waals surface area contributed by atoms with Gasteiger partial charge in [0.15, 0.2) is 0 Å². The van der Waals surface area contributed by atoms with E-state index in [1.165, 1.54) is 12.1 Å². The van der Waals surface area contributed by atoms with Gasteiger partial charge in [-0.05, 0) is 17.7 Å². The van der Waals surface area contributed by atoms with Gasteiger partial charge >= 0.3 is 0 Å². The summed E-state index contributed by atoms with van der Waals surface area (Å²) < 4.78 is 17.9. The summed E-state index contributed by atoms with van der Waals surface area (Å²) in [5.74, 6) is -0.194. The van der Waals surface area contributed by atoms with Crippen LogP contribution >= 0.6 is 12.4 Å². The van der Waals surface area contributed by atoms with Gasteiger partial charge in [-0.1, -0.05) is 12.1 Å². The number of morpholine rings is 1. The third-order valence-electron chi connectivity index (χ3n) is 2.19. The minimum Gasteiger partial charge on any atom is -0.378 e. The number of nitrogens with one attached hydrogen (secondary N) is 1. The molecular formula is C10H13ClFNO. The SMILES string of the molecule is Cl.Fc1ccc([C@@H]2COCCN2)cc1. The van der Waals surface area contributed by atoms with Gasteiger partial charge in [0.25, 0.3) is 0 Å². The van der Waals surface area contributed by atoms with Gasteiger partial charge < -0.3 is 10.1 Å². The third kappa shape index (κ3) is 2.67. The molecule has 4 heteroatoms. The van der Waals surface area contributed by atoms with Crippen LogP contribution in [0, 0.1) is 5.82 Å². The van der Waals surface area contributed by atoms with Gasteiger partial charge in [0, 0.05) is 6.54 Å². The van der Waals surface area contributed by atoms with Crippen LogP contribution in [0.2, 0.25) is 0 Å². The molecule has 1 aromatic carbocycles. The monoisotopic (exact) mass is 217 g/mol. The first-order chi connectivity index (χ1) is 6.36. The smallest absolute Gasteiger partial charge is 0.123 e. The Morgan fingerprint density at radius 3 is 2.57 bits per heavy atom. The maximum absolute atomic E-state index is 12.6. The second kappa shape index (κ2) is 5.29. The number of halogens is 2. The number of benzene rings is 1. The largest absolute Gasteiger partial charge is 0.378 e. The van der Waals surface area contributed by atoms with Crippen LogP contribution < -0.4 is 5.32 Å². The van der Waals surface area contributed by atoms with E-state index in [-0.39, 0.29) is 24.3 Å². The second-order valence-corrected chi connectivity index (χ2v) is 3.13. The van der Waals surface area contributed by atoms with E-state index in [9.17, 15) is 4.39 Å². The van der Waals surface area contributed by atoms with Crippen molar-refractivity contribution in [2.45, 2.75) is 6.04 Å². The van der Waals surface area contributed by atoms with Crippen LogP contribution in [0.5, 0.6) is 0 Å². The highest BCUT2D eigenvalue weighted by Crippen LogP contribution is 2.15. The highest BCUT2D eigenvalue weighted by Gasteiger charge is 2.14. The summed E-state index contributed by atoms with van der Waals surface area (Å²) in [6.45, 7) is 2.30. The molecule has 0 bridgehead atoms. The molecule has 1 aliphatic rings. The molecule has 0 radical (unpaired) electrons. The minimum absolute atomic E-state index is 0. The van der Waals surface area contributed by atoms with Crippen LogP contribution in [0.15, 0.2) is 24.3 Å². The first kappa shape index (κ1) is 11.4. The zero-order valence-corrected chi connectivity index (χ0v) is 8.52. The van der Waals surface area contributed by atoms with Gasteiger partial charge in [-0.2, -0.15) is 0 Å². The Hall–Kier alpha value is -0.640. The lowest BCUT2D eigenvalue weighted by atomic mass is 10.1. The van der Waals surface area contributed by atoms with E-state index in [4.69, 9.17) is 4.74 Å². The maximum atomic E-state index is 12.6. The van der Waals surface area contributed by atoms with Crippen molar-refractivity contribution in [3.8, 4) is 0 Å². The van der Waals surface area contributed by atoms with E-state index in [1.807, 2.05) is 0 Å². The van der Waals surface area contributed by atoms with Crippen molar-refractivity contribution in [1.82, 2.24) is 5.32 Å². The molecule has 1 saturated heterocycles. The first-order valence-electron chi connectivity index (χ1n) is 4.43. The molecule has 2 nitrogen and oxygen atoms in total. The van der Waals surface area contributed by atoms with Crippen molar-refractivity contribution in [2.24, 2.45) is 0 Å². The highest BCUT2D eigenvalue weighted by atomic mass is 35.5. The molecule has 0 spiro atoms. The predicted molar refractivity (Wildman–Crippen MR) is 55.2 cm³/mol. The molecular weight excluding hydrogens is 205 g/mol. The summed E-state index contributed by atoms with van der Waals surface area (Å²) in [4.78, 5) is 0. The molecule has 1 N–H and O–H groups in total. The normalized spacial score (nSPS) is 21.4. The third-order valence-corrected chi connectivity index (χ3v) is 2.19. The fourth-order valence-electron chi connectivity index (χ4n) is 1.47. The van der Waals surface area contributed by atoms with Crippen LogP contribution in [-0.2, 0) is 4.74 Å². The van der Waals surface area contributed by atoms with E-state index in [2.05, 4.69) is 5.32 Å². The fourth-order valence-corrected chi connectivity index (χ4v) is 1.47. The van der Waals surface area contributed by atoms with E-state index < -0.39 is 0 Å². The van der Waals surface area contributed by atoms with Crippen molar-refractivity contribution in [3.63, 3.8) is 0 Å². The van der Waals surface area contributed by atoms with Gasteiger partial charge in [-0.3, -0.25) is 0 Å². The Bertz CT molecular complexity index is 272. The van der Waals surface area contributed by atoms with Crippen molar-refractivity contribution >= 4 is 12.4 Å². The number of hydrogen-bond acceptors (Lipinski definition) is 2. The molecule has 78 valence electrons. The van der Waals surface area contributed by atoms with Crippen molar-refractivity contribution in [1.29, 1.82) is 0 Å². The predicted octanol–water partition coefficient (Wildman–Crippen LogP) is 1.91. The first-order valence-corrected chi connectivity index (χ1v) is 4.43. The van der Waals surface area contributed by atoms with Crippen LogP contribution in [0.25, 0.3) is 0 Å². The van der Waals surface area contributed by atoms with Gasteiger partial charge in [-0.15, -0.1) is 12.4 Å². The Morgan fingerprint density at radius 2 is 2.00 bits per heavy atom. The Balaban J connectivity index is 0.000000980. The molecule has 14 heavy (non-hydrogen) atoms. The van der Waals surface area contributed by atoms with Crippen molar-refractivity contribution in [3.05, 3.63) is 35.6 Å². The summed E-state index contributed by atoms with van der Waals surface area (Å²) >= 11 is 0. The lowest BCUT2D eigenvalue weighted by Crippen LogP contribution is -2.34. The van der Waals surface area contributed by atoms with Crippen molar-refractivity contribution < 1.29 is 9.13 Å².